The number of nitrogens with one attached hydrogen (secondary N) is 1. The van der Waals surface area contributed by atoms with Crippen LogP contribution in [0, 0.1) is 5.82 Å². The van der Waals surface area contributed by atoms with Gasteiger partial charge in [-0.3, -0.25) is 9.59 Å². The fraction of sp³-hybridized carbons (Fsp3) is 0.389. The Bertz CT molecular complexity index is 730. The van der Waals surface area contributed by atoms with Crippen LogP contribution in [0.25, 0.3) is 0 Å². The van der Waals surface area contributed by atoms with Crippen LogP contribution in [-0.4, -0.2) is 34.3 Å². The molecule has 1 N–H and O–H groups in total. The third-order valence-electron chi connectivity index (χ3n) is 4.37. The summed E-state index contributed by atoms with van der Waals surface area (Å²) < 4.78 is 14.1. The quantitative estimate of drug-likeness (QED) is 0.883. The average molecular weight is 361 g/mol. The van der Waals surface area contributed by atoms with E-state index in [9.17, 15) is 14.0 Å². The van der Waals surface area contributed by atoms with Crippen LogP contribution < -0.4 is 5.32 Å². The molecule has 1 aliphatic carbocycles. The third kappa shape index (κ3) is 4.42. The fourth-order valence-electron chi connectivity index (χ4n) is 3.15. The van der Waals surface area contributed by atoms with Gasteiger partial charge in [0.25, 0.3) is 5.91 Å². The molecule has 1 fully saturated rings. The smallest absolute Gasteiger partial charge is 0.257 e. The third-order valence-corrected chi connectivity index (χ3v) is 5.06. The van der Waals surface area contributed by atoms with Crippen molar-refractivity contribution in [1.82, 2.24) is 9.88 Å². The molecule has 0 aliphatic heterocycles. The summed E-state index contributed by atoms with van der Waals surface area (Å²) in [5, 5.41) is 4.95. The van der Waals surface area contributed by atoms with Crippen LogP contribution in [0.15, 0.2) is 35.8 Å². The van der Waals surface area contributed by atoms with E-state index in [0.717, 1.165) is 32.1 Å². The first-order chi connectivity index (χ1) is 12.1. The molecule has 1 aromatic carbocycles. The van der Waals surface area contributed by atoms with E-state index in [1.165, 1.54) is 28.4 Å². The Kier molecular flexibility index (Phi) is 5.75. The molecule has 0 spiro atoms. The van der Waals surface area contributed by atoms with E-state index < -0.39 is 11.7 Å². The molecule has 0 unspecified atom stereocenters. The fourth-order valence-corrected chi connectivity index (χ4v) is 3.69. The van der Waals surface area contributed by atoms with Crippen LogP contribution in [0.3, 0.4) is 0 Å². The lowest BCUT2D eigenvalue weighted by atomic mass is 9.93. The second-order valence-corrected chi connectivity index (χ2v) is 6.98. The molecule has 3 rings (SSSR count). The van der Waals surface area contributed by atoms with E-state index in [1.807, 2.05) is 0 Å². The highest BCUT2D eigenvalue weighted by Crippen LogP contribution is 2.25. The molecule has 0 atom stereocenters. The highest BCUT2D eigenvalue weighted by Gasteiger charge is 2.29. The number of rotatable bonds is 5. The maximum absolute atomic E-state index is 14.1. The molecule has 132 valence electrons. The van der Waals surface area contributed by atoms with E-state index >= 15 is 0 Å². The molecule has 0 bridgehead atoms. The summed E-state index contributed by atoms with van der Waals surface area (Å²) in [6, 6.07) is 5.87. The number of hydrogen-bond donors (Lipinski definition) is 1. The Morgan fingerprint density at radius 1 is 1.24 bits per heavy atom. The lowest BCUT2D eigenvalue weighted by Crippen LogP contribution is -2.46. The molecule has 5 nitrogen and oxygen atoms in total. The van der Waals surface area contributed by atoms with Gasteiger partial charge < -0.3 is 10.2 Å². The van der Waals surface area contributed by atoms with E-state index in [2.05, 4.69) is 10.3 Å². The molecule has 2 aromatic rings. The van der Waals surface area contributed by atoms with E-state index in [0.29, 0.717) is 5.13 Å². The van der Waals surface area contributed by atoms with Gasteiger partial charge >= 0.3 is 0 Å². The summed E-state index contributed by atoms with van der Waals surface area (Å²) in [6.45, 7) is -0.0998. The van der Waals surface area contributed by atoms with E-state index in [1.54, 1.807) is 23.7 Å². The van der Waals surface area contributed by atoms with Crippen LogP contribution >= 0.6 is 11.3 Å². The molecule has 7 heteroatoms. The lowest BCUT2D eigenvalue weighted by Gasteiger charge is -2.34. The molecule has 1 aromatic heterocycles. The molecule has 25 heavy (non-hydrogen) atoms. The summed E-state index contributed by atoms with van der Waals surface area (Å²) in [5.41, 5.74) is 0.00937. The van der Waals surface area contributed by atoms with Gasteiger partial charge in [0, 0.05) is 17.6 Å². The number of carbonyl (C=O) groups is 2. The summed E-state index contributed by atoms with van der Waals surface area (Å²) in [6.07, 6.45) is 6.43. The maximum Gasteiger partial charge on any atom is 0.257 e. The Hall–Kier alpha value is -2.28. The predicted octanol–water partition coefficient (Wildman–Crippen LogP) is 3.70. The Labute approximate surface area is 149 Å². The van der Waals surface area contributed by atoms with Gasteiger partial charge in [0.05, 0.1) is 5.56 Å². The minimum absolute atomic E-state index is 0.00937. The predicted molar refractivity (Wildman–Crippen MR) is 95.1 cm³/mol. The van der Waals surface area contributed by atoms with Crippen molar-refractivity contribution in [3.05, 3.63) is 47.2 Å². The summed E-state index contributed by atoms with van der Waals surface area (Å²) >= 11 is 1.31. The van der Waals surface area contributed by atoms with Crippen LogP contribution in [0.5, 0.6) is 0 Å². The van der Waals surface area contributed by atoms with Gasteiger partial charge in [-0.2, -0.15) is 0 Å². The number of aromatic nitrogens is 1. The van der Waals surface area contributed by atoms with Crippen molar-refractivity contribution in [2.45, 2.75) is 38.1 Å². The summed E-state index contributed by atoms with van der Waals surface area (Å²) in [7, 11) is 0. The summed E-state index contributed by atoms with van der Waals surface area (Å²) in [5.74, 6) is -1.31. The standard InChI is InChI=1S/C18H20FN3O2S/c19-15-9-5-4-8-14(15)17(24)22(13-6-2-1-3-7-13)12-16(23)21-18-20-10-11-25-18/h4-5,8-11,13H,1-3,6-7,12H2,(H,20,21,23). The van der Waals surface area contributed by atoms with Crippen molar-refractivity contribution in [3.63, 3.8) is 0 Å². The van der Waals surface area contributed by atoms with E-state index in [-0.39, 0.29) is 24.1 Å². The first kappa shape index (κ1) is 17.5. The Morgan fingerprint density at radius 2 is 2.00 bits per heavy atom. The number of nitrogens with zero attached hydrogens (tertiary/aromatic N) is 2. The van der Waals surface area contributed by atoms with Gasteiger partial charge in [-0.05, 0) is 25.0 Å². The van der Waals surface area contributed by atoms with Crippen molar-refractivity contribution >= 4 is 28.3 Å². The number of amides is 2. The minimum atomic E-state index is -0.561. The first-order valence-electron chi connectivity index (χ1n) is 8.40. The number of hydrogen-bond acceptors (Lipinski definition) is 4. The van der Waals surface area contributed by atoms with Gasteiger partial charge in [0.2, 0.25) is 5.91 Å². The summed E-state index contributed by atoms with van der Waals surface area (Å²) in [4.78, 5) is 30.8. The van der Waals surface area contributed by atoms with Gasteiger partial charge in [0.15, 0.2) is 5.13 Å². The van der Waals surface area contributed by atoms with Gasteiger partial charge in [0.1, 0.15) is 12.4 Å². The molecular weight excluding hydrogens is 341 g/mol. The second-order valence-electron chi connectivity index (χ2n) is 6.09. The topological polar surface area (TPSA) is 62.3 Å². The molecule has 2 amide bonds. The van der Waals surface area contributed by atoms with Gasteiger partial charge in [-0.1, -0.05) is 31.4 Å². The normalized spacial score (nSPS) is 14.9. The molecule has 0 saturated heterocycles. The SMILES string of the molecule is O=C(CN(C(=O)c1ccccc1F)C1CCCCC1)Nc1nccs1. The Morgan fingerprint density at radius 3 is 2.68 bits per heavy atom. The monoisotopic (exact) mass is 361 g/mol. The number of benzene rings is 1. The van der Waals surface area contributed by atoms with Crippen LogP contribution in [0.4, 0.5) is 9.52 Å². The van der Waals surface area contributed by atoms with Crippen molar-refractivity contribution in [1.29, 1.82) is 0 Å². The van der Waals surface area contributed by atoms with Crippen LogP contribution in [0.2, 0.25) is 0 Å². The van der Waals surface area contributed by atoms with Gasteiger partial charge in [-0.15, -0.1) is 11.3 Å². The zero-order valence-corrected chi connectivity index (χ0v) is 14.6. The first-order valence-corrected chi connectivity index (χ1v) is 9.28. The maximum atomic E-state index is 14.1. The molecular formula is C18H20FN3O2S. The number of thiazole rings is 1. The largest absolute Gasteiger partial charge is 0.326 e. The molecule has 1 heterocycles. The van der Waals surface area contributed by atoms with Crippen molar-refractivity contribution in [2.24, 2.45) is 0 Å². The minimum Gasteiger partial charge on any atom is -0.326 e. The highest BCUT2D eigenvalue weighted by atomic mass is 32.1. The number of halogens is 1. The van der Waals surface area contributed by atoms with Crippen molar-refractivity contribution < 1.29 is 14.0 Å². The van der Waals surface area contributed by atoms with Crippen LogP contribution in [0.1, 0.15) is 42.5 Å². The molecule has 1 aliphatic rings. The number of anilines is 1. The molecule has 1 saturated carbocycles. The Balaban J connectivity index is 1.78. The van der Waals surface area contributed by atoms with Crippen molar-refractivity contribution in [2.75, 3.05) is 11.9 Å². The lowest BCUT2D eigenvalue weighted by molar-refractivity contribution is -0.117. The second kappa shape index (κ2) is 8.20. The average Bonchev–Trinajstić information content (AvgIpc) is 3.13. The van der Waals surface area contributed by atoms with Crippen molar-refractivity contribution in [3.8, 4) is 0 Å². The van der Waals surface area contributed by atoms with Crippen LogP contribution in [-0.2, 0) is 4.79 Å². The van der Waals surface area contributed by atoms with Gasteiger partial charge in [-0.25, -0.2) is 9.37 Å². The number of carbonyl (C=O) groups excluding carboxylic acids is 2. The van der Waals surface area contributed by atoms with E-state index in [4.69, 9.17) is 0 Å². The molecule has 0 radical (unpaired) electrons. The highest BCUT2D eigenvalue weighted by molar-refractivity contribution is 7.13. The zero-order valence-electron chi connectivity index (χ0n) is 13.8. The zero-order chi connectivity index (χ0) is 17.6.